The summed E-state index contributed by atoms with van der Waals surface area (Å²) in [7, 11) is 4.01. The first kappa shape index (κ1) is 14.9. The Morgan fingerprint density at radius 3 is 2.65 bits per heavy atom. The van der Waals surface area contributed by atoms with Gasteiger partial charge in [-0.05, 0) is 59.7 Å². The van der Waals surface area contributed by atoms with Gasteiger partial charge in [-0.25, -0.2) is 0 Å². The minimum absolute atomic E-state index is 0.0113. The summed E-state index contributed by atoms with van der Waals surface area (Å²) >= 11 is 0. The average Bonchev–Trinajstić information content (AvgIpc) is 2.35. The number of rotatable bonds is 7. The van der Waals surface area contributed by atoms with Crippen LogP contribution in [0.3, 0.4) is 0 Å². The van der Waals surface area contributed by atoms with E-state index in [-0.39, 0.29) is 5.60 Å². The summed E-state index contributed by atoms with van der Waals surface area (Å²) in [6.45, 7) is 7.84. The predicted octanol–water partition coefficient (Wildman–Crippen LogP) is 2.27. The zero-order valence-corrected chi connectivity index (χ0v) is 12.1. The van der Waals surface area contributed by atoms with Crippen molar-refractivity contribution in [2.45, 2.75) is 57.6 Å². The molecule has 1 saturated heterocycles. The molecule has 0 spiro atoms. The van der Waals surface area contributed by atoms with E-state index < -0.39 is 0 Å². The molecule has 17 heavy (non-hydrogen) atoms. The lowest BCUT2D eigenvalue weighted by atomic mass is 10.0. The van der Waals surface area contributed by atoms with Gasteiger partial charge >= 0.3 is 0 Å². The topological polar surface area (TPSA) is 24.5 Å². The van der Waals surface area contributed by atoms with Crippen molar-refractivity contribution in [3.05, 3.63) is 0 Å². The fourth-order valence-electron chi connectivity index (χ4n) is 2.22. The second-order valence-corrected chi connectivity index (χ2v) is 5.95. The van der Waals surface area contributed by atoms with Gasteiger partial charge in [-0.3, -0.25) is 0 Å². The molecule has 0 amide bonds. The lowest BCUT2D eigenvalue weighted by molar-refractivity contribution is 0.00893. The minimum atomic E-state index is 0.0113. The van der Waals surface area contributed by atoms with Crippen LogP contribution < -0.4 is 5.32 Å². The Morgan fingerprint density at radius 1 is 1.29 bits per heavy atom. The number of methoxy groups -OCH3 is 1. The van der Waals surface area contributed by atoms with E-state index in [0.29, 0.717) is 0 Å². The van der Waals surface area contributed by atoms with Crippen molar-refractivity contribution in [2.75, 3.05) is 33.8 Å². The molecule has 1 N–H and O–H groups in total. The molecular formula is C14H30N2O. The molecule has 0 saturated carbocycles. The third-order valence-electron chi connectivity index (χ3n) is 3.92. The minimum Gasteiger partial charge on any atom is -0.379 e. The van der Waals surface area contributed by atoms with E-state index in [2.05, 4.69) is 31.1 Å². The number of hydrogen-bond acceptors (Lipinski definition) is 3. The molecule has 0 aromatic rings. The first-order chi connectivity index (χ1) is 8.03. The van der Waals surface area contributed by atoms with Crippen LogP contribution in [-0.2, 0) is 4.74 Å². The lowest BCUT2D eigenvalue weighted by Gasteiger charge is -2.28. The van der Waals surface area contributed by atoms with Crippen molar-refractivity contribution < 1.29 is 4.74 Å². The van der Waals surface area contributed by atoms with E-state index in [1.807, 2.05) is 0 Å². The molecule has 1 atom stereocenters. The van der Waals surface area contributed by atoms with E-state index in [0.717, 1.165) is 19.0 Å². The summed E-state index contributed by atoms with van der Waals surface area (Å²) in [6.07, 6.45) is 6.49. The van der Waals surface area contributed by atoms with Gasteiger partial charge in [0.15, 0.2) is 0 Å². The van der Waals surface area contributed by atoms with Gasteiger partial charge in [0.2, 0.25) is 0 Å². The van der Waals surface area contributed by atoms with Crippen LogP contribution >= 0.6 is 0 Å². The van der Waals surface area contributed by atoms with Crippen molar-refractivity contribution in [3.8, 4) is 0 Å². The van der Waals surface area contributed by atoms with Crippen LogP contribution in [0.2, 0.25) is 0 Å². The summed E-state index contributed by atoms with van der Waals surface area (Å²) in [5.41, 5.74) is 0.0113. The molecule has 102 valence electrons. The molecule has 0 aromatic heterocycles. The Labute approximate surface area is 107 Å². The molecule has 3 heteroatoms. The highest BCUT2D eigenvalue weighted by molar-refractivity contribution is 4.74. The summed E-state index contributed by atoms with van der Waals surface area (Å²) in [6, 6.07) is 0.752. The van der Waals surface area contributed by atoms with Gasteiger partial charge in [0, 0.05) is 19.7 Å². The van der Waals surface area contributed by atoms with Gasteiger partial charge < -0.3 is 15.0 Å². The molecule has 1 rings (SSSR count). The van der Waals surface area contributed by atoms with Crippen molar-refractivity contribution in [1.29, 1.82) is 0 Å². The number of piperidine rings is 1. The van der Waals surface area contributed by atoms with Crippen LogP contribution in [0.5, 0.6) is 0 Å². The van der Waals surface area contributed by atoms with Crippen molar-refractivity contribution >= 4 is 0 Å². The Bertz CT molecular complexity index is 200. The van der Waals surface area contributed by atoms with Crippen LogP contribution in [0.1, 0.15) is 46.0 Å². The van der Waals surface area contributed by atoms with E-state index in [1.165, 1.54) is 38.8 Å². The Hall–Kier alpha value is -0.120. The number of ether oxygens (including phenoxy) is 1. The molecule has 3 nitrogen and oxygen atoms in total. The molecule has 1 unspecified atom stereocenters. The third-order valence-corrected chi connectivity index (χ3v) is 3.92. The Balaban J connectivity index is 2.10. The van der Waals surface area contributed by atoms with Crippen molar-refractivity contribution in [3.63, 3.8) is 0 Å². The number of hydrogen-bond donors (Lipinski definition) is 1. The van der Waals surface area contributed by atoms with Gasteiger partial charge in [0.05, 0.1) is 5.60 Å². The maximum absolute atomic E-state index is 5.44. The van der Waals surface area contributed by atoms with Crippen LogP contribution in [0.4, 0.5) is 0 Å². The largest absolute Gasteiger partial charge is 0.379 e. The zero-order valence-electron chi connectivity index (χ0n) is 12.1. The van der Waals surface area contributed by atoms with Crippen molar-refractivity contribution in [2.24, 2.45) is 0 Å². The van der Waals surface area contributed by atoms with E-state index in [4.69, 9.17) is 4.74 Å². The van der Waals surface area contributed by atoms with Crippen LogP contribution in [-0.4, -0.2) is 50.3 Å². The highest BCUT2D eigenvalue weighted by atomic mass is 16.5. The monoisotopic (exact) mass is 242 g/mol. The molecular weight excluding hydrogens is 212 g/mol. The number of nitrogens with zero attached hydrogens (tertiary/aromatic N) is 1. The second-order valence-electron chi connectivity index (χ2n) is 5.95. The smallest absolute Gasteiger partial charge is 0.0634 e. The lowest BCUT2D eigenvalue weighted by Crippen LogP contribution is -2.37. The quantitative estimate of drug-likeness (QED) is 0.741. The standard InChI is InChI=1S/C14H30N2O/c1-14(2,17-4)9-12-16(3)11-8-13-7-5-6-10-15-13/h13,15H,5-12H2,1-4H3. The highest BCUT2D eigenvalue weighted by Crippen LogP contribution is 2.14. The van der Waals surface area contributed by atoms with Gasteiger partial charge in [-0.2, -0.15) is 0 Å². The van der Waals surface area contributed by atoms with Gasteiger partial charge in [0.25, 0.3) is 0 Å². The average molecular weight is 242 g/mol. The maximum atomic E-state index is 5.44. The first-order valence-corrected chi connectivity index (χ1v) is 7.00. The third kappa shape index (κ3) is 6.39. The molecule has 0 aliphatic carbocycles. The Morgan fingerprint density at radius 2 is 2.06 bits per heavy atom. The molecule has 0 aromatic carbocycles. The maximum Gasteiger partial charge on any atom is 0.0634 e. The summed E-state index contributed by atoms with van der Waals surface area (Å²) < 4.78 is 5.44. The predicted molar refractivity (Wildman–Crippen MR) is 73.5 cm³/mol. The molecule has 1 fully saturated rings. The summed E-state index contributed by atoms with van der Waals surface area (Å²) in [4.78, 5) is 2.43. The number of nitrogens with one attached hydrogen (secondary N) is 1. The van der Waals surface area contributed by atoms with Gasteiger partial charge in [-0.1, -0.05) is 6.42 Å². The van der Waals surface area contributed by atoms with Crippen molar-refractivity contribution in [1.82, 2.24) is 10.2 Å². The first-order valence-electron chi connectivity index (χ1n) is 7.00. The SMILES string of the molecule is COC(C)(C)CCN(C)CCC1CCCCN1. The van der Waals surface area contributed by atoms with E-state index >= 15 is 0 Å². The normalized spacial score (nSPS) is 22.1. The molecule has 0 bridgehead atoms. The molecule has 1 aliphatic rings. The fourth-order valence-corrected chi connectivity index (χ4v) is 2.22. The molecule has 1 heterocycles. The van der Waals surface area contributed by atoms with E-state index in [9.17, 15) is 0 Å². The highest BCUT2D eigenvalue weighted by Gasteiger charge is 2.17. The van der Waals surface area contributed by atoms with Crippen LogP contribution in [0.15, 0.2) is 0 Å². The van der Waals surface area contributed by atoms with Gasteiger partial charge in [0.1, 0.15) is 0 Å². The van der Waals surface area contributed by atoms with Crippen LogP contribution in [0, 0.1) is 0 Å². The van der Waals surface area contributed by atoms with Gasteiger partial charge in [-0.15, -0.1) is 0 Å². The van der Waals surface area contributed by atoms with Crippen LogP contribution in [0.25, 0.3) is 0 Å². The van der Waals surface area contributed by atoms with E-state index in [1.54, 1.807) is 7.11 Å². The Kier molecular flexibility index (Phi) is 6.45. The zero-order chi connectivity index (χ0) is 12.7. The summed E-state index contributed by atoms with van der Waals surface area (Å²) in [5, 5.41) is 3.61. The second kappa shape index (κ2) is 7.34. The fraction of sp³-hybridized carbons (Fsp3) is 1.00. The summed E-state index contributed by atoms with van der Waals surface area (Å²) in [5.74, 6) is 0. The molecule has 1 aliphatic heterocycles. The molecule has 0 radical (unpaired) electrons.